The number of amidine groups is 1. The van der Waals surface area contributed by atoms with Crippen molar-refractivity contribution in [1.29, 1.82) is 0 Å². The zero-order valence-corrected chi connectivity index (χ0v) is 8.16. The second kappa shape index (κ2) is 4.00. The van der Waals surface area contributed by atoms with E-state index in [2.05, 4.69) is 15.8 Å². The maximum atomic E-state index is 10.8. The Balaban J connectivity index is 2.03. The van der Waals surface area contributed by atoms with Gasteiger partial charge in [-0.1, -0.05) is 12.1 Å². The minimum atomic E-state index is -0.115. The molecule has 1 heterocycles. The van der Waals surface area contributed by atoms with E-state index >= 15 is 0 Å². The van der Waals surface area contributed by atoms with Gasteiger partial charge in [-0.05, 0) is 17.7 Å². The summed E-state index contributed by atoms with van der Waals surface area (Å²) < 4.78 is 0. The highest BCUT2D eigenvalue weighted by atomic mass is 16.2. The fourth-order valence-corrected chi connectivity index (χ4v) is 1.32. The molecule has 5 heteroatoms. The van der Waals surface area contributed by atoms with Crippen molar-refractivity contribution in [3.05, 3.63) is 29.8 Å². The molecule has 15 heavy (non-hydrogen) atoms. The van der Waals surface area contributed by atoms with E-state index in [4.69, 9.17) is 5.73 Å². The number of hydrogen-bond donors (Lipinski definition) is 3. The summed E-state index contributed by atoms with van der Waals surface area (Å²) >= 11 is 0. The fourth-order valence-electron chi connectivity index (χ4n) is 1.32. The molecule has 5 nitrogen and oxygen atoms in total. The molecule has 0 fully saturated rings. The number of hydrogen-bond acceptors (Lipinski definition) is 4. The Hall–Kier alpha value is -2.04. The standard InChI is InChI=1S/C10H12N4O/c11-8-3-1-7(2-4-8)5-9-12-6-10(15)14-13-9/h1-4H,5-6,11H2,(H,12,13)(H,14,15). The van der Waals surface area contributed by atoms with Crippen LogP contribution in [0, 0.1) is 0 Å². The summed E-state index contributed by atoms with van der Waals surface area (Å²) in [7, 11) is 0. The Morgan fingerprint density at radius 2 is 2.00 bits per heavy atom. The first-order valence-electron chi connectivity index (χ1n) is 4.66. The first kappa shape index (κ1) is 9.51. The molecule has 0 saturated heterocycles. The first-order chi connectivity index (χ1) is 7.24. The first-order valence-corrected chi connectivity index (χ1v) is 4.66. The van der Waals surface area contributed by atoms with Crippen LogP contribution in [-0.4, -0.2) is 18.3 Å². The average Bonchev–Trinajstić information content (AvgIpc) is 2.25. The van der Waals surface area contributed by atoms with Crippen LogP contribution in [0.5, 0.6) is 0 Å². The lowest BCUT2D eigenvalue weighted by Gasteiger charge is -2.15. The van der Waals surface area contributed by atoms with Crippen molar-refractivity contribution in [3.8, 4) is 0 Å². The van der Waals surface area contributed by atoms with Crippen molar-refractivity contribution in [3.63, 3.8) is 0 Å². The van der Waals surface area contributed by atoms with E-state index in [1.165, 1.54) is 0 Å². The number of benzene rings is 1. The van der Waals surface area contributed by atoms with E-state index in [1.807, 2.05) is 24.3 Å². The van der Waals surface area contributed by atoms with Gasteiger partial charge in [-0.3, -0.25) is 20.6 Å². The topological polar surface area (TPSA) is 79.5 Å². The molecule has 1 aliphatic heterocycles. The molecule has 78 valence electrons. The molecular formula is C10H12N4O. The summed E-state index contributed by atoms with van der Waals surface area (Å²) in [5, 5.41) is 0. The van der Waals surface area contributed by atoms with Gasteiger partial charge in [0, 0.05) is 12.1 Å². The molecule has 0 saturated carbocycles. The number of nitrogens with one attached hydrogen (secondary N) is 2. The maximum Gasteiger partial charge on any atom is 0.260 e. The SMILES string of the molecule is Nc1ccc(CC2=NCC(=O)NN2)cc1. The van der Waals surface area contributed by atoms with Gasteiger partial charge >= 0.3 is 0 Å². The van der Waals surface area contributed by atoms with E-state index in [9.17, 15) is 4.79 Å². The number of carbonyl (C=O) groups excluding carboxylic acids is 1. The summed E-state index contributed by atoms with van der Waals surface area (Å²) in [5.41, 5.74) is 12.7. The second-order valence-corrected chi connectivity index (χ2v) is 3.35. The van der Waals surface area contributed by atoms with Crippen LogP contribution >= 0.6 is 0 Å². The third kappa shape index (κ3) is 2.46. The maximum absolute atomic E-state index is 10.8. The number of nitrogens with two attached hydrogens (primary N) is 1. The predicted octanol–water partition coefficient (Wildman–Crippen LogP) is -0.156. The minimum absolute atomic E-state index is 0.115. The van der Waals surface area contributed by atoms with Gasteiger partial charge in [0.1, 0.15) is 12.4 Å². The monoisotopic (exact) mass is 204 g/mol. The van der Waals surface area contributed by atoms with Gasteiger partial charge in [0.2, 0.25) is 0 Å². The molecule has 0 radical (unpaired) electrons. The van der Waals surface area contributed by atoms with Crippen LogP contribution in [0.3, 0.4) is 0 Å². The Morgan fingerprint density at radius 3 is 2.60 bits per heavy atom. The van der Waals surface area contributed by atoms with Crippen LogP contribution in [0.25, 0.3) is 0 Å². The van der Waals surface area contributed by atoms with Gasteiger partial charge in [-0.2, -0.15) is 0 Å². The molecule has 0 atom stereocenters. The molecule has 0 spiro atoms. The molecule has 1 amide bonds. The Labute approximate surface area is 87.4 Å². The van der Waals surface area contributed by atoms with Crippen LogP contribution in [0.2, 0.25) is 0 Å². The van der Waals surface area contributed by atoms with Crippen molar-refractivity contribution < 1.29 is 4.79 Å². The molecule has 0 aliphatic carbocycles. The fraction of sp³-hybridized carbons (Fsp3) is 0.200. The minimum Gasteiger partial charge on any atom is -0.399 e. The van der Waals surface area contributed by atoms with E-state index < -0.39 is 0 Å². The number of aliphatic imine (C=N–C) groups is 1. The number of anilines is 1. The highest BCUT2D eigenvalue weighted by molar-refractivity contribution is 5.92. The zero-order valence-electron chi connectivity index (χ0n) is 8.16. The summed E-state index contributed by atoms with van der Waals surface area (Å²) in [5.74, 6) is 0.649. The van der Waals surface area contributed by atoms with Gasteiger partial charge in [0.05, 0.1) is 0 Å². The number of nitrogens with zero attached hydrogens (tertiary/aromatic N) is 1. The Morgan fingerprint density at radius 1 is 1.27 bits per heavy atom. The van der Waals surface area contributed by atoms with Crippen molar-refractivity contribution in [2.75, 3.05) is 12.3 Å². The van der Waals surface area contributed by atoms with Gasteiger partial charge in [-0.25, -0.2) is 0 Å². The molecule has 4 N–H and O–H groups in total. The molecule has 0 bridgehead atoms. The van der Waals surface area contributed by atoms with Crippen LogP contribution in [0.15, 0.2) is 29.3 Å². The van der Waals surface area contributed by atoms with Crippen LogP contribution in [0.4, 0.5) is 5.69 Å². The highest BCUT2D eigenvalue weighted by Crippen LogP contribution is 2.06. The zero-order chi connectivity index (χ0) is 10.7. The van der Waals surface area contributed by atoms with Crippen molar-refractivity contribution in [1.82, 2.24) is 10.9 Å². The lowest BCUT2D eigenvalue weighted by molar-refractivity contribution is -0.120. The van der Waals surface area contributed by atoms with Crippen LogP contribution in [0.1, 0.15) is 5.56 Å². The third-order valence-corrected chi connectivity index (χ3v) is 2.11. The number of rotatable bonds is 2. The summed E-state index contributed by atoms with van der Waals surface area (Å²) in [4.78, 5) is 14.9. The second-order valence-electron chi connectivity index (χ2n) is 3.35. The summed E-state index contributed by atoms with van der Waals surface area (Å²) in [6.45, 7) is 0.192. The van der Waals surface area contributed by atoms with Crippen molar-refractivity contribution >= 4 is 17.4 Å². The summed E-state index contributed by atoms with van der Waals surface area (Å²) in [6, 6.07) is 7.57. The third-order valence-electron chi connectivity index (χ3n) is 2.11. The highest BCUT2D eigenvalue weighted by Gasteiger charge is 2.09. The molecule has 2 rings (SSSR count). The van der Waals surface area contributed by atoms with Gasteiger partial charge in [0.15, 0.2) is 0 Å². The van der Waals surface area contributed by atoms with Gasteiger partial charge < -0.3 is 5.73 Å². The van der Waals surface area contributed by atoms with E-state index in [0.717, 1.165) is 17.1 Å². The number of hydrazine groups is 1. The summed E-state index contributed by atoms with van der Waals surface area (Å²) in [6.07, 6.45) is 0.667. The van der Waals surface area contributed by atoms with E-state index in [0.29, 0.717) is 6.42 Å². The number of nitrogen functional groups attached to an aromatic ring is 1. The lowest BCUT2D eigenvalue weighted by atomic mass is 10.1. The molecular weight excluding hydrogens is 192 g/mol. The van der Waals surface area contributed by atoms with E-state index in [1.54, 1.807) is 0 Å². The molecule has 0 aromatic heterocycles. The van der Waals surface area contributed by atoms with E-state index in [-0.39, 0.29) is 12.5 Å². The Bertz CT molecular complexity index is 396. The molecule has 1 aromatic carbocycles. The predicted molar refractivity (Wildman–Crippen MR) is 58.1 cm³/mol. The largest absolute Gasteiger partial charge is 0.399 e. The van der Waals surface area contributed by atoms with Crippen molar-refractivity contribution in [2.45, 2.75) is 6.42 Å². The normalized spacial score (nSPS) is 15.2. The van der Waals surface area contributed by atoms with Crippen LogP contribution in [-0.2, 0) is 11.2 Å². The lowest BCUT2D eigenvalue weighted by Crippen LogP contribution is -2.47. The number of carbonyl (C=O) groups is 1. The molecule has 1 aromatic rings. The molecule has 0 unspecified atom stereocenters. The Kier molecular flexibility index (Phi) is 2.53. The molecule has 1 aliphatic rings. The quantitative estimate of drug-likeness (QED) is 0.586. The van der Waals surface area contributed by atoms with Crippen molar-refractivity contribution in [2.24, 2.45) is 4.99 Å². The average molecular weight is 204 g/mol. The van der Waals surface area contributed by atoms with Crippen LogP contribution < -0.4 is 16.6 Å². The smallest absolute Gasteiger partial charge is 0.260 e. The number of amides is 1. The van der Waals surface area contributed by atoms with Gasteiger partial charge in [-0.15, -0.1) is 0 Å². The van der Waals surface area contributed by atoms with Gasteiger partial charge in [0.25, 0.3) is 5.91 Å².